The van der Waals surface area contributed by atoms with Gasteiger partial charge in [-0.2, -0.15) is 0 Å². The van der Waals surface area contributed by atoms with Crippen LogP contribution in [0.4, 0.5) is 11.5 Å². The van der Waals surface area contributed by atoms with Gasteiger partial charge >= 0.3 is 0 Å². The molecule has 0 bridgehead atoms. The van der Waals surface area contributed by atoms with Gasteiger partial charge in [-0.15, -0.1) is 0 Å². The highest BCUT2D eigenvalue weighted by Gasteiger charge is 2.05. The Labute approximate surface area is 115 Å². The summed E-state index contributed by atoms with van der Waals surface area (Å²) < 4.78 is 6.31. The van der Waals surface area contributed by atoms with Crippen LogP contribution in [0.15, 0.2) is 34.9 Å². The molecule has 1 aromatic heterocycles. The van der Waals surface area contributed by atoms with Gasteiger partial charge in [0.2, 0.25) is 0 Å². The molecule has 0 aliphatic heterocycles. The lowest BCUT2D eigenvalue weighted by Crippen LogP contribution is -1.97. The molecule has 1 aromatic carbocycles. The summed E-state index contributed by atoms with van der Waals surface area (Å²) in [5.41, 5.74) is 3.23. The van der Waals surface area contributed by atoms with E-state index < -0.39 is 0 Å². The molecular formula is C14H15BrN2O. The van der Waals surface area contributed by atoms with Crippen LogP contribution in [-0.2, 0) is 0 Å². The fourth-order valence-corrected chi connectivity index (χ4v) is 2.18. The van der Waals surface area contributed by atoms with Crippen molar-refractivity contribution in [2.24, 2.45) is 0 Å². The Balaban J connectivity index is 2.27. The Hall–Kier alpha value is -1.55. The van der Waals surface area contributed by atoms with Gasteiger partial charge in [0.15, 0.2) is 0 Å². The summed E-state index contributed by atoms with van der Waals surface area (Å²) in [6.45, 7) is 4.07. The molecule has 0 aliphatic rings. The average molecular weight is 307 g/mol. The molecule has 3 nitrogen and oxygen atoms in total. The van der Waals surface area contributed by atoms with Crippen molar-refractivity contribution in [3.63, 3.8) is 0 Å². The van der Waals surface area contributed by atoms with E-state index in [1.54, 1.807) is 13.3 Å². The fourth-order valence-electron chi connectivity index (χ4n) is 1.94. The van der Waals surface area contributed by atoms with Crippen molar-refractivity contribution in [2.75, 3.05) is 12.4 Å². The van der Waals surface area contributed by atoms with E-state index in [9.17, 15) is 0 Å². The number of rotatable bonds is 3. The topological polar surface area (TPSA) is 34.1 Å². The highest BCUT2D eigenvalue weighted by atomic mass is 79.9. The highest BCUT2D eigenvalue weighted by Crippen LogP contribution is 2.28. The van der Waals surface area contributed by atoms with Crippen LogP contribution in [-0.4, -0.2) is 12.1 Å². The Morgan fingerprint density at radius 3 is 2.33 bits per heavy atom. The van der Waals surface area contributed by atoms with E-state index in [-0.39, 0.29) is 0 Å². The summed E-state index contributed by atoms with van der Waals surface area (Å²) >= 11 is 3.37. The molecule has 1 N–H and O–H groups in total. The maximum Gasteiger partial charge on any atom is 0.130 e. The fraction of sp³-hybridized carbons (Fsp3) is 0.214. The van der Waals surface area contributed by atoms with Crippen LogP contribution in [0.5, 0.6) is 5.75 Å². The Morgan fingerprint density at radius 2 is 1.83 bits per heavy atom. The standard InChI is InChI=1S/C14H15BrN2O/c1-9-6-12(7-10(2)14(9)18-3)17-13-5-4-11(15)8-16-13/h4-8H,1-3H3,(H,16,17). The van der Waals surface area contributed by atoms with E-state index >= 15 is 0 Å². The van der Waals surface area contributed by atoms with Crippen molar-refractivity contribution in [1.29, 1.82) is 0 Å². The largest absolute Gasteiger partial charge is 0.496 e. The first kappa shape index (κ1) is 12.9. The minimum atomic E-state index is 0.821. The van der Waals surface area contributed by atoms with Gasteiger partial charge in [0.25, 0.3) is 0 Å². The number of aryl methyl sites for hydroxylation is 2. The van der Waals surface area contributed by atoms with E-state index in [1.165, 1.54) is 0 Å². The molecule has 0 spiro atoms. The molecule has 18 heavy (non-hydrogen) atoms. The third-order valence-electron chi connectivity index (χ3n) is 2.66. The number of hydrogen-bond donors (Lipinski definition) is 1. The number of ether oxygens (including phenoxy) is 1. The molecular weight excluding hydrogens is 292 g/mol. The van der Waals surface area contributed by atoms with E-state index in [0.717, 1.165) is 32.9 Å². The van der Waals surface area contributed by atoms with Gasteiger partial charge in [-0.3, -0.25) is 0 Å². The highest BCUT2D eigenvalue weighted by molar-refractivity contribution is 9.10. The van der Waals surface area contributed by atoms with E-state index in [2.05, 4.69) is 38.4 Å². The molecule has 1 heterocycles. The van der Waals surface area contributed by atoms with Crippen LogP contribution >= 0.6 is 15.9 Å². The molecule has 2 aromatic rings. The molecule has 94 valence electrons. The molecule has 2 rings (SSSR count). The molecule has 4 heteroatoms. The molecule has 0 radical (unpaired) electrons. The zero-order valence-corrected chi connectivity index (χ0v) is 12.2. The lowest BCUT2D eigenvalue weighted by molar-refractivity contribution is 0.408. The lowest BCUT2D eigenvalue weighted by atomic mass is 10.1. The monoisotopic (exact) mass is 306 g/mol. The Morgan fingerprint density at radius 1 is 1.17 bits per heavy atom. The van der Waals surface area contributed by atoms with E-state index in [4.69, 9.17) is 4.74 Å². The van der Waals surface area contributed by atoms with Crippen molar-refractivity contribution < 1.29 is 4.74 Å². The second kappa shape index (κ2) is 5.40. The number of nitrogens with zero attached hydrogens (tertiary/aromatic N) is 1. The third kappa shape index (κ3) is 2.82. The molecule has 0 saturated carbocycles. The van der Waals surface area contributed by atoms with E-state index in [1.807, 2.05) is 26.0 Å². The number of methoxy groups -OCH3 is 1. The third-order valence-corrected chi connectivity index (χ3v) is 3.13. The summed E-state index contributed by atoms with van der Waals surface area (Å²) in [6, 6.07) is 7.99. The number of nitrogens with one attached hydrogen (secondary N) is 1. The zero-order valence-electron chi connectivity index (χ0n) is 10.6. The van der Waals surface area contributed by atoms with Crippen LogP contribution in [0.25, 0.3) is 0 Å². The van der Waals surface area contributed by atoms with Gasteiger partial charge in [-0.1, -0.05) is 0 Å². The van der Waals surface area contributed by atoms with Crippen molar-refractivity contribution >= 4 is 27.4 Å². The summed E-state index contributed by atoms with van der Waals surface area (Å²) in [5.74, 6) is 1.76. The number of benzene rings is 1. The summed E-state index contributed by atoms with van der Waals surface area (Å²) in [4.78, 5) is 4.29. The van der Waals surface area contributed by atoms with Gasteiger partial charge in [0.05, 0.1) is 7.11 Å². The SMILES string of the molecule is COc1c(C)cc(Nc2ccc(Br)cn2)cc1C. The van der Waals surface area contributed by atoms with Crippen molar-refractivity contribution in [2.45, 2.75) is 13.8 Å². The van der Waals surface area contributed by atoms with Crippen LogP contribution in [0, 0.1) is 13.8 Å². The minimum Gasteiger partial charge on any atom is -0.496 e. The number of hydrogen-bond acceptors (Lipinski definition) is 3. The number of aromatic nitrogens is 1. The first-order valence-electron chi connectivity index (χ1n) is 5.64. The minimum absolute atomic E-state index is 0.821. The van der Waals surface area contributed by atoms with Crippen molar-refractivity contribution in [3.05, 3.63) is 46.1 Å². The Kier molecular flexibility index (Phi) is 3.87. The van der Waals surface area contributed by atoms with Gasteiger partial charge < -0.3 is 10.1 Å². The van der Waals surface area contributed by atoms with E-state index in [0.29, 0.717) is 0 Å². The molecule has 0 unspecified atom stereocenters. The molecule has 0 atom stereocenters. The smallest absolute Gasteiger partial charge is 0.130 e. The normalized spacial score (nSPS) is 10.2. The van der Waals surface area contributed by atoms with Gasteiger partial charge in [0, 0.05) is 16.4 Å². The summed E-state index contributed by atoms with van der Waals surface area (Å²) in [6.07, 6.45) is 1.77. The van der Waals surface area contributed by atoms with Gasteiger partial charge in [-0.05, 0) is 65.2 Å². The maximum absolute atomic E-state index is 5.35. The number of anilines is 2. The van der Waals surface area contributed by atoms with Crippen LogP contribution in [0.2, 0.25) is 0 Å². The van der Waals surface area contributed by atoms with Crippen molar-refractivity contribution in [3.8, 4) is 5.75 Å². The lowest BCUT2D eigenvalue weighted by Gasteiger charge is -2.12. The Bertz CT molecular complexity index is 529. The molecule has 0 fully saturated rings. The number of halogens is 1. The molecule has 0 saturated heterocycles. The van der Waals surface area contributed by atoms with Crippen LogP contribution in [0.3, 0.4) is 0 Å². The molecule has 0 amide bonds. The van der Waals surface area contributed by atoms with Gasteiger partial charge in [0.1, 0.15) is 11.6 Å². The summed E-state index contributed by atoms with van der Waals surface area (Å²) in [5, 5.41) is 3.28. The second-order valence-electron chi connectivity index (χ2n) is 4.13. The number of pyridine rings is 1. The van der Waals surface area contributed by atoms with Gasteiger partial charge in [-0.25, -0.2) is 4.98 Å². The van der Waals surface area contributed by atoms with Crippen molar-refractivity contribution in [1.82, 2.24) is 4.98 Å². The van der Waals surface area contributed by atoms with Crippen LogP contribution in [0.1, 0.15) is 11.1 Å². The predicted octanol–water partition coefficient (Wildman–Crippen LogP) is 4.21. The quantitative estimate of drug-likeness (QED) is 0.922. The first-order valence-corrected chi connectivity index (χ1v) is 6.43. The first-order chi connectivity index (χ1) is 8.60. The maximum atomic E-state index is 5.35. The second-order valence-corrected chi connectivity index (χ2v) is 5.05. The summed E-state index contributed by atoms with van der Waals surface area (Å²) in [7, 11) is 1.69. The average Bonchev–Trinajstić information content (AvgIpc) is 2.32. The van der Waals surface area contributed by atoms with Crippen LogP contribution < -0.4 is 10.1 Å². The zero-order chi connectivity index (χ0) is 13.1. The molecule has 0 aliphatic carbocycles. The predicted molar refractivity (Wildman–Crippen MR) is 77.7 cm³/mol.